The van der Waals surface area contributed by atoms with E-state index in [2.05, 4.69) is 10.2 Å². The minimum atomic E-state index is 0.796. The van der Waals surface area contributed by atoms with Crippen LogP contribution in [0.25, 0.3) is 0 Å². The molecular formula is C8H17ClN2. The first-order valence-electron chi connectivity index (χ1n) is 4.42. The van der Waals surface area contributed by atoms with E-state index < -0.39 is 0 Å². The van der Waals surface area contributed by atoms with Crippen LogP contribution in [0.2, 0.25) is 0 Å². The molecule has 0 spiro atoms. The third kappa shape index (κ3) is 3.94. The SMILES string of the molecule is ClCCCN1CCCNCC1. The minimum Gasteiger partial charge on any atom is -0.315 e. The fourth-order valence-corrected chi connectivity index (χ4v) is 1.53. The second-order valence-corrected chi connectivity index (χ2v) is 3.37. The van der Waals surface area contributed by atoms with Crippen molar-refractivity contribution < 1.29 is 0 Å². The van der Waals surface area contributed by atoms with Crippen LogP contribution in [0.4, 0.5) is 0 Å². The minimum absolute atomic E-state index is 0.796. The fourth-order valence-electron chi connectivity index (χ4n) is 1.41. The van der Waals surface area contributed by atoms with Gasteiger partial charge in [-0.1, -0.05) is 0 Å². The summed E-state index contributed by atoms with van der Waals surface area (Å²) in [7, 11) is 0. The summed E-state index contributed by atoms with van der Waals surface area (Å²) in [5, 5.41) is 3.38. The van der Waals surface area contributed by atoms with Crippen LogP contribution >= 0.6 is 11.6 Å². The molecule has 11 heavy (non-hydrogen) atoms. The van der Waals surface area contributed by atoms with Gasteiger partial charge in [-0.15, -0.1) is 11.6 Å². The van der Waals surface area contributed by atoms with Crippen LogP contribution in [-0.4, -0.2) is 43.5 Å². The van der Waals surface area contributed by atoms with E-state index in [1.807, 2.05) is 0 Å². The van der Waals surface area contributed by atoms with Crippen molar-refractivity contribution in [1.29, 1.82) is 0 Å². The van der Waals surface area contributed by atoms with Crippen molar-refractivity contribution in [3.05, 3.63) is 0 Å². The number of hydrogen-bond donors (Lipinski definition) is 1. The Morgan fingerprint density at radius 1 is 1.27 bits per heavy atom. The molecule has 0 amide bonds. The Hall–Kier alpha value is 0.210. The van der Waals surface area contributed by atoms with Crippen molar-refractivity contribution >= 4 is 11.6 Å². The predicted octanol–water partition coefficient (Wildman–Crippen LogP) is 0.911. The molecule has 0 saturated carbocycles. The Morgan fingerprint density at radius 3 is 3.00 bits per heavy atom. The van der Waals surface area contributed by atoms with Crippen LogP contribution in [0.1, 0.15) is 12.8 Å². The lowest BCUT2D eigenvalue weighted by molar-refractivity contribution is 0.294. The zero-order valence-corrected chi connectivity index (χ0v) is 7.74. The van der Waals surface area contributed by atoms with Gasteiger partial charge in [-0.25, -0.2) is 0 Å². The van der Waals surface area contributed by atoms with E-state index in [9.17, 15) is 0 Å². The van der Waals surface area contributed by atoms with Gasteiger partial charge in [0.15, 0.2) is 0 Å². The Kier molecular flexibility index (Phi) is 4.91. The lowest BCUT2D eigenvalue weighted by Crippen LogP contribution is -2.29. The summed E-state index contributed by atoms with van der Waals surface area (Å²) < 4.78 is 0. The zero-order valence-electron chi connectivity index (χ0n) is 6.98. The molecule has 1 saturated heterocycles. The smallest absolute Gasteiger partial charge is 0.0235 e. The third-order valence-electron chi connectivity index (χ3n) is 2.04. The topological polar surface area (TPSA) is 15.3 Å². The quantitative estimate of drug-likeness (QED) is 0.644. The van der Waals surface area contributed by atoms with Crippen LogP contribution in [0.5, 0.6) is 0 Å². The first-order valence-corrected chi connectivity index (χ1v) is 4.96. The summed E-state index contributed by atoms with van der Waals surface area (Å²) in [5.41, 5.74) is 0. The lowest BCUT2D eigenvalue weighted by atomic mass is 10.3. The molecule has 1 fully saturated rings. The van der Waals surface area contributed by atoms with Crippen LogP contribution in [0, 0.1) is 0 Å². The Balaban J connectivity index is 2.09. The molecule has 3 heteroatoms. The van der Waals surface area contributed by atoms with Gasteiger partial charge in [0.25, 0.3) is 0 Å². The summed E-state index contributed by atoms with van der Waals surface area (Å²) in [4.78, 5) is 2.49. The molecule has 0 aromatic heterocycles. The monoisotopic (exact) mass is 176 g/mol. The van der Waals surface area contributed by atoms with Crippen LogP contribution < -0.4 is 5.32 Å². The molecule has 0 aromatic carbocycles. The molecule has 1 rings (SSSR count). The molecule has 0 aliphatic carbocycles. The lowest BCUT2D eigenvalue weighted by Gasteiger charge is -2.18. The van der Waals surface area contributed by atoms with Crippen molar-refractivity contribution in [2.45, 2.75) is 12.8 Å². The van der Waals surface area contributed by atoms with Gasteiger partial charge in [0.05, 0.1) is 0 Å². The van der Waals surface area contributed by atoms with Crippen molar-refractivity contribution in [3.63, 3.8) is 0 Å². The normalized spacial score (nSPS) is 21.5. The molecule has 66 valence electrons. The maximum Gasteiger partial charge on any atom is 0.0235 e. The highest BCUT2D eigenvalue weighted by molar-refractivity contribution is 6.17. The molecule has 1 aliphatic rings. The number of nitrogens with zero attached hydrogens (tertiary/aromatic N) is 1. The molecule has 0 unspecified atom stereocenters. The summed E-state index contributed by atoms with van der Waals surface area (Å²) in [6.07, 6.45) is 2.41. The van der Waals surface area contributed by atoms with E-state index in [4.69, 9.17) is 11.6 Å². The van der Waals surface area contributed by atoms with Gasteiger partial charge in [0, 0.05) is 19.0 Å². The maximum absolute atomic E-state index is 5.62. The second kappa shape index (κ2) is 5.81. The Bertz CT molecular complexity index is 90.1. The van der Waals surface area contributed by atoms with Gasteiger partial charge in [-0.2, -0.15) is 0 Å². The number of alkyl halides is 1. The number of halogens is 1. The van der Waals surface area contributed by atoms with Crippen molar-refractivity contribution in [2.24, 2.45) is 0 Å². The summed E-state index contributed by atoms with van der Waals surface area (Å²) in [6, 6.07) is 0. The second-order valence-electron chi connectivity index (χ2n) is 2.99. The van der Waals surface area contributed by atoms with E-state index >= 15 is 0 Å². The molecule has 0 radical (unpaired) electrons. The number of hydrogen-bond acceptors (Lipinski definition) is 2. The maximum atomic E-state index is 5.62. The molecule has 1 heterocycles. The predicted molar refractivity (Wildman–Crippen MR) is 49.3 cm³/mol. The zero-order chi connectivity index (χ0) is 7.94. The summed E-state index contributed by atoms with van der Waals surface area (Å²) in [5.74, 6) is 0.796. The number of nitrogens with one attached hydrogen (secondary N) is 1. The third-order valence-corrected chi connectivity index (χ3v) is 2.31. The molecule has 0 atom stereocenters. The Labute approximate surface area is 73.9 Å². The fraction of sp³-hybridized carbons (Fsp3) is 1.00. The van der Waals surface area contributed by atoms with Crippen molar-refractivity contribution in [3.8, 4) is 0 Å². The van der Waals surface area contributed by atoms with Gasteiger partial charge in [0.2, 0.25) is 0 Å². The van der Waals surface area contributed by atoms with Gasteiger partial charge in [-0.05, 0) is 32.5 Å². The van der Waals surface area contributed by atoms with E-state index in [1.54, 1.807) is 0 Å². The molecule has 1 aliphatic heterocycles. The average Bonchev–Trinajstić information content (AvgIpc) is 2.28. The molecule has 0 bridgehead atoms. The van der Waals surface area contributed by atoms with Gasteiger partial charge in [-0.3, -0.25) is 0 Å². The van der Waals surface area contributed by atoms with Gasteiger partial charge in [0.1, 0.15) is 0 Å². The van der Waals surface area contributed by atoms with E-state index in [0.717, 1.165) is 18.8 Å². The van der Waals surface area contributed by atoms with Gasteiger partial charge >= 0.3 is 0 Å². The summed E-state index contributed by atoms with van der Waals surface area (Å²) >= 11 is 5.62. The average molecular weight is 177 g/mol. The van der Waals surface area contributed by atoms with E-state index in [1.165, 1.54) is 32.6 Å². The first kappa shape index (κ1) is 9.30. The molecule has 1 N–H and O–H groups in total. The van der Waals surface area contributed by atoms with Crippen molar-refractivity contribution in [1.82, 2.24) is 10.2 Å². The Morgan fingerprint density at radius 2 is 2.18 bits per heavy atom. The first-order chi connectivity index (χ1) is 5.43. The van der Waals surface area contributed by atoms with Crippen LogP contribution in [0.3, 0.4) is 0 Å². The highest BCUT2D eigenvalue weighted by atomic mass is 35.5. The molecular weight excluding hydrogens is 160 g/mol. The number of rotatable bonds is 3. The molecule has 0 aromatic rings. The highest BCUT2D eigenvalue weighted by Crippen LogP contribution is 1.97. The molecule has 2 nitrogen and oxygen atoms in total. The van der Waals surface area contributed by atoms with E-state index in [0.29, 0.717) is 0 Å². The summed E-state index contributed by atoms with van der Waals surface area (Å²) in [6.45, 7) is 5.92. The van der Waals surface area contributed by atoms with Gasteiger partial charge < -0.3 is 10.2 Å². The standard InChI is InChI=1S/C8H17ClN2/c9-3-1-6-11-7-2-4-10-5-8-11/h10H,1-8H2. The van der Waals surface area contributed by atoms with Crippen LogP contribution in [-0.2, 0) is 0 Å². The largest absolute Gasteiger partial charge is 0.315 e. The van der Waals surface area contributed by atoms with Crippen LogP contribution in [0.15, 0.2) is 0 Å². The highest BCUT2D eigenvalue weighted by Gasteiger charge is 2.06. The van der Waals surface area contributed by atoms with E-state index in [-0.39, 0.29) is 0 Å². The van der Waals surface area contributed by atoms with Crippen molar-refractivity contribution in [2.75, 3.05) is 38.6 Å².